The summed E-state index contributed by atoms with van der Waals surface area (Å²) in [7, 11) is 0. The first kappa shape index (κ1) is 15.0. The maximum absolute atomic E-state index is 12.2. The number of rotatable bonds is 5. The monoisotopic (exact) mass is 276 g/mol. The number of amides is 1. The van der Waals surface area contributed by atoms with Crippen LogP contribution in [0.2, 0.25) is 0 Å². The molecule has 1 saturated carbocycles. The number of carbonyl (C=O) groups is 1. The zero-order chi connectivity index (χ0) is 14.4. The van der Waals surface area contributed by atoms with Crippen molar-refractivity contribution in [1.82, 2.24) is 5.32 Å². The van der Waals surface area contributed by atoms with Crippen LogP contribution in [0.15, 0.2) is 30.3 Å². The molecule has 1 fully saturated rings. The van der Waals surface area contributed by atoms with Crippen molar-refractivity contribution in [2.24, 2.45) is 5.73 Å². The molecule has 0 saturated heterocycles. The average molecular weight is 276 g/mol. The molecular formula is C16H24N2O2. The summed E-state index contributed by atoms with van der Waals surface area (Å²) in [4.78, 5) is 12.2. The molecule has 0 aromatic heterocycles. The van der Waals surface area contributed by atoms with Gasteiger partial charge in [-0.25, -0.2) is 0 Å². The van der Waals surface area contributed by atoms with E-state index in [1.54, 1.807) is 0 Å². The highest BCUT2D eigenvalue weighted by Crippen LogP contribution is 2.28. The largest absolute Gasteiger partial charge is 0.394 e. The van der Waals surface area contributed by atoms with Gasteiger partial charge >= 0.3 is 0 Å². The van der Waals surface area contributed by atoms with Gasteiger partial charge in [0, 0.05) is 12.0 Å². The van der Waals surface area contributed by atoms with E-state index in [4.69, 9.17) is 5.73 Å². The van der Waals surface area contributed by atoms with Crippen molar-refractivity contribution in [3.63, 3.8) is 0 Å². The number of aliphatic hydroxyl groups excluding tert-OH is 1. The predicted octanol–water partition coefficient (Wildman–Crippen LogP) is 1.89. The van der Waals surface area contributed by atoms with Crippen molar-refractivity contribution in [3.05, 3.63) is 35.9 Å². The van der Waals surface area contributed by atoms with Crippen LogP contribution in [0.25, 0.3) is 0 Å². The fourth-order valence-electron chi connectivity index (χ4n) is 2.92. The molecule has 1 aromatic rings. The third kappa shape index (κ3) is 4.05. The minimum Gasteiger partial charge on any atom is -0.394 e. The molecule has 0 heterocycles. The van der Waals surface area contributed by atoms with Crippen LogP contribution in [0.4, 0.5) is 0 Å². The Hall–Kier alpha value is -1.39. The number of carbonyl (C=O) groups excluding carboxylic acids is 1. The van der Waals surface area contributed by atoms with E-state index in [-0.39, 0.29) is 24.1 Å². The van der Waals surface area contributed by atoms with Crippen LogP contribution in [0, 0.1) is 0 Å². The molecule has 20 heavy (non-hydrogen) atoms. The van der Waals surface area contributed by atoms with Gasteiger partial charge in [-0.1, -0.05) is 49.6 Å². The molecule has 4 nitrogen and oxygen atoms in total. The summed E-state index contributed by atoms with van der Waals surface area (Å²) >= 11 is 0. The van der Waals surface area contributed by atoms with E-state index in [2.05, 4.69) is 5.32 Å². The lowest BCUT2D eigenvalue weighted by atomic mass is 9.80. The van der Waals surface area contributed by atoms with Crippen molar-refractivity contribution in [3.8, 4) is 0 Å². The fourth-order valence-corrected chi connectivity index (χ4v) is 2.92. The molecule has 1 aromatic carbocycles. The molecule has 0 radical (unpaired) electrons. The van der Waals surface area contributed by atoms with Gasteiger partial charge in [0.15, 0.2) is 0 Å². The predicted molar refractivity (Wildman–Crippen MR) is 79.0 cm³/mol. The maximum Gasteiger partial charge on any atom is 0.222 e. The molecule has 110 valence electrons. The van der Waals surface area contributed by atoms with Gasteiger partial charge in [-0.05, 0) is 18.4 Å². The first-order chi connectivity index (χ1) is 9.63. The highest BCUT2D eigenvalue weighted by atomic mass is 16.3. The van der Waals surface area contributed by atoms with Crippen molar-refractivity contribution in [2.75, 3.05) is 6.61 Å². The molecule has 1 aliphatic carbocycles. The van der Waals surface area contributed by atoms with E-state index in [1.165, 1.54) is 6.42 Å². The minimum absolute atomic E-state index is 0.0719. The first-order valence-electron chi connectivity index (χ1n) is 7.37. The number of hydrogen-bond acceptors (Lipinski definition) is 3. The molecule has 0 unspecified atom stereocenters. The van der Waals surface area contributed by atoms with Crippen molar-refractivity contribution in [2.45, 2.75) is 50.1 Å². The zero-order valence-corrected chi connectivity index (χ0v) is 11.8. The number of nitrogens with two attached hydrogens (primary N) is 1. The van der Waals surface area contributed by atoms with Gasteiger partial charge in [-0.3, -0.25) is 4.79 Å². The fraction of sp³-hybridized carbons (Fsp3) is 0.562. The van der Waals surface area contributed by atoms with Gasteiger partial charge in [0.25, 0.3) is 0 Å². The van der Waals surface area contributed by atoms with Gasteiger partial charge in [0.1, 0.15) is 0 Å². The Morgan fingerprint density at radius 1 is 1.25 bits per heavy atom. The van der Waals surface area contributed by atoms with Gasteiger partial charge in [-0.15, -0.1) is 0 Å². The van der Waals surface area contributed by atoms with E-state index < -0.39 is 0 Å². The summed E-state index contributed by atoms with van der Waals surface area (Å²) in [6, 6.07) is 9.16. The number of benzene rings is 1. The first-order valence-corrected chi connectivity index (χ1v) is 7.37. The van der Waals surface area contributed by atoms with E-state index >= 15 is 0 Å². The number of hydrogen-bond donors (Lipinski definition) is 3. The minimum atomic E-state index is -0.362. The summed E-state index contributed by atoms with van der Waals surface area (Å²) in [5.41, 5.74) is 6.85. The average Bonchev–Trinajstić information content (AvgIpc) is 2.46. The van der Waals surface area contributed by atoms with Crippen molar-refractivity contribution in [1.29, 1.82) is 0 Å². The standard InChI is InChI=1S/C16H24N2O2/c17-16(9-5-2-6-10-16)11-15(20)18-14(12-19)13-7-3-1-4-8-13/h1,3-4,7-8,14,19H,2,5-6,9-12,17H2,(H,18,20)/t14-/m1/s1. The lowest BCUT2D eigenvalue weighted by Gasteiger charge is -2.33. The Kier molecular flexibility index (Phi) is 5.15. The van der Waals surface area contributed by atoms with Crippen LogP contribution in [0.1, 0.15) is 50.1 Å². The highest BCUT2D eigenvalue weighted by molar-refractivity contribution is 5.77. The summed E-state index contributed by atoms with van der Waals surface area (Å²) in [5.74, 6) is -0.0719. The SMILES string of the molecule is NC1(CC(=O)N[C@H](CO)c2ccccc2)CCCCC1. The van der Waals surface area contributed by atoms with Crippen LogP contribution >= 0.6 is 0 Å². The van der Waals surface area contributed by atoms with E-state index in [9.17, 15) is 9.90 Å². The molecule has 0 aliphatic heterocycles. The van der Waals surface area contributed by atoms with Crippen LogP contribution in [-0.2, 0) is 4.79 Å². The molecule has 2 rings (SSSR count). The Balaban J connectivity index is 1.92. The lowest BCUT2D eigenvalue weighted by molar-refractivity contribution is -0.123. The molecular weight excluding hydrogens is 252 g/mol. The normalized spacial score (nSPS) is 19.3. The van der Waals surface area contributed by atoms with Gasteiger partial charge < -0.3 is 16.2 Å². The number of nitrogens with one attached hydrogen (secondary N) is 1. The smallest absolute Gasteiger partial charge is 0.222 e. The maximum atomic E-state index is 12.2. The Morgan fingerprint density at radius 2 is 1.90 bits per heavy atom. The lowest BCUT2D eigenvalue weighted by Crippen LogP contribution is -2.46. The van der Waals surface area contributed by atoms with E-state index in [1.807, 2.05) is 30.3 Å². The Labute approximate surface area is 120 Å². The van der Waals surface area contributed by atoms with Gasteiger partial charge in [0.05, 0.1) is 12.6 Å². The molecule has 1 atom stereocenters. The van der Waals surface area contributed by atoms with E-state index in [0.717, 1.165) is 31.2 Å². The summed E-state index contributed by atoms with van der Waals surface area (Å²) in [6.45, 7) is -0.104. The molecule has 0 spiro atoms. The van der Waals surface area contributed by atoms with Crippen LogP contribution in [0.3, 0.4) is 0 Å². The van der Waals surface area contributed by atoms with Crippen LogP contribution in [0.5, 0.6) is 0 Å². The summed E-state index contributed by atoms with van der Waals surface area (Å²) < 4.78 is 0. The van der Waals surface area contributed by atoms with Crippen LogP contribution < -0.4 is 11.1 Å². The second-order valence-corrected chi connectivity index (χ2v) is 5.81. The molecule has 1 aliphatic rings. The summed E-state index contributed by atoms with van der Waals surface area (Å²) in [6.07, 6.45) is 5.59. The van der Waals surface area contributed by atoms with Gasteiger partial charge in [0.2, 0.25) is 5.91 Å². The Morgan fingerprint density at radius 3 is 2.50 bits per heavy atom. The highest BCUT2D eigenvalue weighted by Gasteiger charge is 2.30. The second kappa shape index (κ2) is 6.86. The van der Waals surface area contributed by atoms with Crippen molar-refractivity contribution < 1.29 is 9.90 Å². The molecule has 4 N–H and O–H groups in total. The molecule has 1 amide bonds. The van der Waals surface area contributed by atoms with Gasteiger partial charge in [-0.2, -0.15) is 0 Å². The second-order valence-electron chi connectivity index (χ2n) is 5.81. The Bertz CT molecular complexity index is 427. The third-order valence-electron chi connectivity index (χ3n) is 4.08. The van der Waals surface area contributed by atoms with Crippen molar-refractivity contribution >= 4 is 5.91 Å². The number of aliphatic hydroxyl groups is 1. The zero-order valence-electron chi connectivity index (χ0n) is 11.8. The third-order valence-corrected chi connectivity index (χ3v) is 4.08. The van der Waals surface area contributed by atoms with E-state index in [0.29, 0.717) is 6.42 Å². The quantitative estimate of drug-likeness (QED) is 0.768. The summed E-state index contributed by atoms with van der Waals surface area (Å²) in [5, 5.41) is 12.3. The molecule has 0 bridgehead atoms. The van der Waals surface area contributed by atoms with Crippen LogP contribution in [-0.4, -0.2) is 23.2 Å². The topological polar surface area (TPSA) is 75.4 Å². The molecule has 4 heteroatoms.